The number of halogens is 2. The zero-order valence-electron chi connectivity index (χ0n) is 6.13. The van der Waals surface area contributed by atoms with Gasteiger partial charge in [0.2, 0.25) is 6.43 Å². The number of anilines is 2. The van der Waals surface area contributed by atoms with Gasteiger partial charge in [-0.3, -0.25) is 0 Å². The molecule has 3 N–H and O–H groups in total. The lowest BCUT2D eigenvalue weighted by molar-refractivity contribution is 0.142. The number of hydrogen-bond donors (Lipinski definition) is 2. The SMILES string of the molecule is Nc1nnc(NCCC(F)F)o1. The molecular formula is C5H8F2N4O. The summed E-state index contributed by atoms with van der Waals surface area (Å²) in [6, 6.07) is -0.0253. The predicted octanol–water partition coefficient (Wildman–Crippen LogP) is 0.719. The molecule has 0 atom stereocenters. The van der Waals surface area contributed by atoms with Gasteiger partial charge in [0.05, 0.1) is 0 Å². The molecule has 0 unspecified atom stereocenters. The minimum atomic E-state index is -2.34. The molecule has 1 aromatic rings. The van der Waals surface area contributed by atoms with E-state index in [1.54, 1.807) is 0 Å². The molecule has 0 aliphatic rings. The van der Waals surface area contributed by atoms with Crippen molar-refractivity contribution in [3.63, 3.8) is 0 Å². The van der Waals surface area contributed by atoms with Crippen molar-refractivity contribution < 1.29 is 13.2 Å². The molecular weight excluding hydrogens is 170 g/mol. The average Bonchev–Trinajstić information content (AvgIpc) is 2.35. The Balaban J connectivity index is 2.24. The first-order valence-corrected chi connectivity index (χ1v) is 3.29. The van der Waals surface area contributed by atoms with Gasteiger partial charge < -0.3 is 15.5 Å². The molecule has 0 amide bonds. The first kappa shape index (κ1) is 8.69. The van der Waals surface area contributed by atoms with Crippen LogP contribution in [0.15, 0.2) is 4.42 Å². The van der Waals surface area contributed by atoms with Crippen LogP contribution >= 0.6 is 0 Å². The summed E-state index contributed by atoms with van der Waals surface area (Å²) < 4.78 is 27.9. The van der Waals surface area contributed by atoms with Gasteiger partial charge in [-0.05, 0) is 0 Å². The molecule has 0 radical (unpaired) electrons. The number of nitrogens with one attached hydrogen (secondary N) is 1. The molecule has 68 valence electrons. The van der Waals surface area contributed by atoms with Crippen molar-refractivity contribution in [3.8, 4) is 0 Å². The Labute approximate surface area is 66.9 Å². The second-order valence-electron chi connectivity index (χ2n) is 2.05. The third-order valence-electron chi connectivity index (χ3n) is 1.08. The fourth-order valence-corrected chi connectivity index (χ4v) is 0.594. The highest BCUT2D eigenvalue weighted by Gasteiger charge is 2.04. The van der Waals surface area contributed by atoms with Gasteiger partial charge in [-0.25, -0.2) is 8.78 Å². The van der Waals surface area contributed by atoms with Gasteiger partial charge in [0.1, 0.15) is 0 Å². The van der Waals surface area contributed by atoms with Crippen LogP contribution in [0.25, 0.3) is 0 Å². The van der Waals surface area contributed by atoms with Crippen LogP contribution in [0.5, 0.6) is 0 Å². The maximum Gasteiger partial charge on any atom is 0.316 e. The number of alkyl halides is 2. The summed E-state index contributed by atoms with van der Waals surface area (Å²) in [5, 5.41) is 9.24. The Morgan fingerprint density at radius 2 is 2.25 bits per heavy atom. The standard InChI is InChI=1S/C5H8F2N4O/c6-3(7)1-2-9-5-11-10-4(8)12-5/h3H,1-2H2,(H2,8,10)(H,9,11). The van der Waals surface area contributed by atoms with E-state index in [0.717, 1.165) is 0 Å². The van der Waals surface area contributed by atoms with E-state index in [1.165, 1.54) is 0 Å². The van der Waals surface area contributed by atoms with Crippen molar-refractivity contribution in [2.24, 2.45) is 0 Å². The Kier molecular flexibility index (Phi) is 2.78. The Hall–Kier alpha value is -1.40. The van der Waals surface area contributed by atoms with E-state index < -0.39 is 6.43 Å². The van der Waals surface area contributed by atoms with Crippen LogP contribution in [0.1, 0.15) is 6.42 Å². The summed E-state index contributed by atoms with van der Waals surface area (Å²) in [7, 11) is 0. The van der Waals surface area contributed by atoms with Gasteiger partial charge in [-0.1, -0.05) is 10.2 Å². The van der Waals surface area contributed by atoms with Crippen LogP contribution < -0.4 is 11.1 Å². The first-order valence-electron chi connectivity index (χ1n) is 3.29. The van der Waals surface area contributed by atoms with E-state index in [-0.39, 0.29) is 25.0 Å². The summed E-state index contributed by atoms with van der Waals surface area (Å²) in [4.78, 5) is 0. The van der Waals surface area contributed by atoms with Gasteiger partial charge >= 0.3 is 12.0 Å². The molecule has 0 aliphatic carbocycles. The topological polar surface area (TPSA) is 77.0 Å². The summed E-state index contributed by atoms with van der Waals surface area (Å²) in [6.07, 6.45) is -2.60. The molecule has 0 spiro atoms. The van der Waals surface area contributed by atoms with Crippen LogP contribution in [-0.2, 0) is 0 Å². The monoisotopic (exact) mass is 178 g/mol. The van der Waals surface area contributed by atoms with Gasteiger partial charge in [0.15, 0.2) is 0 Å². The summed E-state index contributed by atoms with van der Waals surface area (Å²) in [5.74, 6) is 0. The highest BCUT2D eigenvalue weighted by Crippen LogP contribution is 2.06. The second-order valence-corrected chi connectivity index (χ2v) is 2.05. The summed E-state index contributed by atoms with van der Waals surface area (Å²) in [5.41, 5.74) is 5.08. The van der Waals surface area contributed by atoms with Gasteiger partial charge in [0, 0.05) is 13.0 Å². The van der Waals surface area contributed by atoms with Crippen LogP contribution in [0.2, 0.25) is 0 Å². The van der Waals surface area contributed by atoms with Gasteiger partial charge in [-0.2, -0.15) is 0 Å². The van der Waals surface area contributed by atoms with E-state index in [2.05, 4.69) is 19.9 Å². The van der Waals surface area contributed by atoms with Crippen molar-refractivity contribution in [1.29, 1.82) is 0 Å². The fraction of sp³-hybridized carbons (Fsp3) is 0.600. The molecule has 0 aromatic carbocycles. The molecule has 12 heavy (non-hydrogen) atoms. The maximum absolute atomic E-state index is 11.6. The largest absolute Gasteiger partial charge is 0.390 e. The molecule has 0 bridgehead atoms. The minimum absolute atomic E-state index is 0.0631. The van der Waals surface area contributed by atoms with Crippen LogP contribution in [0, 0.1) is 0 Å². The van der Waals surface area contributed by atoms with Gasteiger partial charge in [-0.15, -0.1) is 0 Å². The van der Waals surface area contributed by atoms with Gasteiger partial charge in [0.25, 0.3) is 0 Å². The molecule has 1 aromatic heterocycles. The highest BCUT2D eigenvalue weighted by molar-refractivity contribution is 5.21. The summed E-state index contributed by atoms with van der Waals surface area (Å²) >= 11 is 0. The number of nitrogen functional groups attached to an aromatic ring is 1. The number of rotatable bonds is 4. The molecule has 0 saturated heterocycles. The van der Waals surface area contributed by atoms with Crippen molar-refractivity contribution >= 4 is 12.0 Å². The third-order valence-corrected chi connectivity index (χ3v) is 1.08. The molecule has 0 aliphatic heterocycles. The molecule has 1 rings (SSSR count). The predicted molar refractivity (Wildman–Crippen MR) is 37.8 cm³/mol. The van der Waals surface area contributed by atoms with E-state index in [4.69, 9.17) is 5.73 Å². The Morgan fingerprint density at radius 3 is 2.75 bits per heavy atom. The van der Waals surface area contributed by atoms with E-state index >= 15 is 0 Å². The van der Waals surface area contributed by atoms with Crippen LogP contribution in [-0.4, -0.2) is 23.2 Å². The normalized spacial score (nSPS) is 10.6. The molecule has 5 nitrogen and oxygen atoms in total. The van der Waals surface area contributed by atoms with Crippen molar-refractivity contribution in [1.82, 2.24) is 10.2 Å². The zero-order valence-corrected chi connectivity index (χ0v) is 6.13. The van der Waals surface area contributed by atoms with Crippen molar-refractivity contribution in [3.05, 3.63) is 0 Å². The van der Waals surface area contributed by atoms with E-state index in [9.17, 15) is 8.78 Å². The number of aromatic nitrogens is 2. The highest BCUT2D eigenvalue weighted by atomic mass is 19.3. The van der Waals surface area contributed by atoms with Crippen LogP contribution in [0.3, 0.4) is 0 Å². The minimum Gasteiger partial charge on any atom is -0.390 e. The lowest BCUT2D eigenvalue weighted by atomic mass is 10.4. The van der Waals surface area contributed by atoms with Crippen molar-refractivity contribution in [2.75, 3.05) is 17.6 Å². The van der Waals surface area contributed by atoms with E-state index in [0.29, 0.717) is 0 Å². The Morgan fingerprint density at radius 1 is 1.50 bits per heavy atom. The first-order chi connectivity index (χ1) is 5.68. The van der Waals surface area contributed by atoms with Crippen LogP contribution in [0.4, 0.5) is 20.8 Å². The lowest BCUT2D eigenvalue weighted by Crippen LogP contribution is -2.06. The fourth-order valence-electron chi connectivity index (χ4n) is 0.594. The number of nitrogens with two attached hydrogens (primary N) is 1. The van der Waals surface area contributed by atoms with Crippen molar-refractivity contribution in [2.45, 2.75) is 12.8 Å². The molecule has 0 saturated carbocycles. The lowest BCUT2D eigenvalue weighted by Gasteiger charge is -1.98. The molecule has 0 fully saturated rings. The maximum atomic E-state index is 11.6. The average molecular weight is 178 g/mol. The molecule has 1 heterocycles. The molecule has 7 heteroatoms. The quantitative estimate of drug-likeness (QED) is 0.710. The summed E-state index contributed by atoms with van der Waals surface area (Å²) in [6.45, 7) is 0.0826. The second kappa shape index (κ2) is 3.84. The van der Waals surface area contributed by atoms with E-state index in [1.807, 2.05) is 0 Å². The zero-order chi connectivity index (χ0) is 8.97. The number of nitrogens with zero attached hydrogens (tertiary/aromatic N) is 2. The Bertz CT molecular complexity index is 239. The third kappa shape index (κ3) is 2.69. The smallest absolute Gasteiger partial charge is 0.316 e. The number of hydrogen-bond acceptors (Lipinski definition) is 5.